The maximum atomic E-state index is 13.5. The van der Waals surface area contributed by atoms with Crippen LogP contribution in [0.25, 0.3) is 0 Å². The maximum Gasteiger partial charge on any atom is 0.223 e. The minimum Gasteiger partial charge on any atom is -0.331 e. The van der Waals surface area contributed by atoms with Gasteiger partial charge in [0, 0.05) is 19.0 Å². The van der Waals surface area contributed by atoms with E-state index >= 15 is 0 Å². The van der Waals surface area contributed by atoms with Crippen LogP contribution >= 0.6 is 0 Å². The summed E-state index contributed by atoms with van der Waals surface area (Å²) in [6, 6.07) is 15.5. The van der Waals surface area contributed by atoms with Crippen molar-refractivity contribution in [2.45, 2.75) is 44.2 Å². The van der Waals surface area contributed by atoms with Crippen molar-refractivity contribution in [2.75, 3.05) is 19.6 Å². The lowest BCUT2D eigenvalue weighted by Gasteiger charge is -2.38. The van der Waals surface area contributed by atoms with Crippen LogP contribution in [0, 0.1) is 11.7 Å². The molecule has 0 aliphatic carbocycles. The van der Waals surface area contributed by atoms with Gasteiger partial charge in [-0.3, -0.25) is 4.79 Å². The van der Waals surface area contributed by atoms with Crippen molar-refractivity contribution in [1.29, 1.82) is 0 Å². The number of amides is 1. The Morgan fingerprint density at radius 2 is 1.82 bits per heavy atom. The predicted molar refractivity (Wildman–Crippen MR) is 107 cm³/mol. The van der Waals surface area contributed by atoms with Crippen LogP contribution in [0.3, 0.4) is 0 Å². The minimum absolute atomic E-state index is 0.112. The van der Waals surface area contributed by atoms with Gasteiger partial charge in [0.1, 0.15) is 5.82 Å². The average Bonchev–Trinajstić information content (AvgIpc) is 3.33. The van der Waals surface area contributed by atoms with Gasteiger partial charge >= 0.3 is 0 Å². The zero-order valence-electron chi connectivity index (χ0n) is 16.2. The summed E-state index contributed by atoms with van der Waals surface area (Å²) < 4.78 is 13.5. The highest BCUT2D eigenvalue weighted by atomic mass is 19.1. The summed E-state index contributed by atoms with van der Waals surface area (Å²) in [5.74, 6) is 0.501. The molecule has 1 amide bonds. The van der Waals surface area contributed by atoms with Crippen LogP contribution in [0.15, 0.2) is 48.5 Å². The largest absolute Gasteiger partial charge is 0.331 e. The van der Waals surface area contributed by atoms with Crippen LogP contribution in [-0.4, -0.2) is 41.4 Å². The van der Waals surface area contributed by atoms with Crippen molar-refractivity contribution in [1.82, 2.24) is 9.80 Å². The first kappa shape index (κ1) is 17.9. The number of carbonyl (C=O) groups excluding carboxylic acids is 1. The average molecular weight is 378 g/mol. The summed E-state index contributed by atoms with van der Waals surface area (Å²) in [5.41, 5.74) is 3.47. The fourth-order valence-electron chi connectivity index (χ4n) is 5.61. The molecule has 3 heterocycles. The molecule has 0 N–H and O–H groups in total. The third-order valence-electron chi connectivity index (χ3n) is 6.97. The van der Waals surface area contributed by atoms with Gasteiger partial charge in [-0.15, -0.1) is 0 Å². The molecule has 2 aromatic rings. The van der Waals surface area contributed by atoms with Gasteiger partial charge in [0.05, 0.1) is 6.04 Å². The number of carbonyl (C=O) groups is 1. The molecule has 3 aliphatic rings. The smallest absolute Gasteiger partial charge is 0.223 e. The molecule has 0 saturated carbocycles. The summed E-state index contributed by atoms with van der Waals surface area (Å²) >= 11 is 0. The highest BCUT2D eigenvalue weighted by Crippen LogP contribution is 2.39. The molecule has 0 radical (unpaired) electrons. The van der Waals surface area contributed by atoms with E-state index in [0.717, 1.165) is 31.5 Å². The number of rotatable bonds is 3. The maximum absolute atomic E-state index is 13.5. The first-order valence-electron chi connectivity index (χ1n) is 10.6. The summed E-state index contributed by atoms with van der Waals surface area (Å²) in [6.45, 7) is 3.08. The number of nitrogens with zero attached hydrogens (tertiary/aromatic N) is 2. The van der Waals surface area contributed by atoms with E-state index in [1.54, 1.807) is 0 Å². The number of hydrogen-bond acceptors (Lipinski definition) is 2. The second-order valence-electron chi connectivity index (χ2n) is 8.49. The van der Waals surface area contributed by atoms with Gasteiger partial charge in [0.25, 0.3) is 0 Å². The summed E-state index contributed by atoms with van der Waals surface area (Å²) in [4.78, 5) is 18.1. The van der Waals surface area contributed by atoms with E-state index in [-0.39, 0.29) is 17.8 Å². The predicted octanol–water partition coefficient (Wildman–Crippen LogP) is 4.17. The summed E-state index contributed by atoms with van der Waals surface area (Å²) in [5, 5.41) is 0. The molecule has 3 aliphatic heterocycles. The van der Waals surface area contributed by atoms with E-state index < -0.39 is 0 Å². The van der Waals surface area contributed by atoms with E-state index in [4.69, 9.17) is 0 Å². The van der Waals surface area contributed by atoms with Gasteiger partial charge in [-0.25, -0.2) is 4.39 Å². The molecular weight excluding hydrogens is 351 g/mol. The second kappa shape index (κ2) is 7.32. The van der Waals surface area contributed by atoms with Crippen molar-refractivity contribution in [3.8, 4) is 0 Å². The lowest BCUT2D eigenvalue weighted by atomic mass is 9.87. The Labute approximate surface area is 166 Å². The summed E-state index contributed by atoms with van der Waals surface area (Å²) in [6.07, 6.45) is 5.18. The lowest BCUT2D eigenvalue weighted by molar-refractivity contribution is -0.134. The second-order valence-corrected chi connectivity index (χ2v) is 8.49. The monoisotopic (exact) mass is 378 g/mol. The Kier molecular flexibility index (Phi) is 4.67. The molecule has 0 spiro atoms. The van der Waals surface area contributed by atoms with Gasteiger partial charge in [0.2, 0.25) is 5.91 Å². The van der Waals surface area contributed by atoms with Crippen LogP contribution in [0.1, 0.15) is 48.4 Å². The standard InChI is InChI=1S/C24H27FN2O/c25-20-9-7-18(8-10-20)24-21-5-2-1-4-17(21)12-15-27(24)23(28)16-19-11-14-26-13-3-6-22(19)26/h1-2,4-5,7-10,19,22,24H,3,6,11-16H2/t19-,22+,24+/m1/s1. The zero-order chi connectivity index (χ0) is 19.1. The van der Waals surface area contributed by atoms with Crippen molar-refractivity contribution in [3.63, 3.8) is 0 Å². The fraction of sp³-hybridized carbons (Fsp3) is 0.458. The SMILES string of the molecule is O=C(C[C@H]1CCN2CCC[C@@H]12)N1CCc2ccccc2[C@@H]1c1ccc(F)cc1. The van der Waals surface area contributed by atoms with Crippen LogP contribution < -0.4 is 0 Å². The highest BCUT2D eigenvalue weighted by Gasteiger charge is 2.40. The van der Waals surface area contributed by atoms with Crippen LogP contribution in [-0.2, 0) is 11.2 Å². The molecule has 5 rings (SSSR count). The Balaban J connectivity index is 1.43. The van der Waals surface area contributed by atoms with E-state index in [1.165, 1.54) is 42.6 Å². The molecule has 0 bridgehead atoms. The number of fused-ring (bicyclic) bond motifs is 2. The van der Waals surface area contributed by atoms with Crippen molar-refractivity contribution < 1.29 is 9.18 Å². The number of halogens is 1. The molecule has 146 valence electrons. The topological polar surface area (TPSA) is 23.6 Å². The lowest BCUT2D eigenvalue weighted by Crippen LogP contribution is -2.42. The van der Waals surface area contributed by atoms with Gasteiger partial charge in [-0.1, -0.05) is 36.4 Å². The van der Waals surface area contributed by atoms with Gasteiger partial charge < -0.3 is 9.80 Å². The fourth-order valence-corrected chi connectivity index (χ4v) is 5.61. The first-order valence-corrected chi connectivity index (χ1v) is 10.6. The number of benzene rings is 2. The third kappa shape index (κ3) is 3.14. The molecule has 2 fully saturated rings. The Morgan fingerprint density at radius 3 is 2.68 bits per heavy atom. The van der Waals surface area contributed by atoms with Crippen LogP contribution in [0.4, 0.5) is 4.39 Å². The Morgan fingerprint density at radius 1 is 1.00 bits per heavy atom. The third-order valence-corrected chi connectivity index (χ3v) is 6.97. The van der Waals surface area contributed by atoms with Gasteiger partial charge in [0.15, 0.2) is 0 Å². The minimum atomic E-state index is -0.238. The van der Waals surface area contributed by atoms with Crippen molar-refractivity contribution >= 4 is 5.91 Å². The molecule has 3 nitrogen and oxygen atoms in total. The molecule has 4 heteroatoms. The van der Waals surface area contributed by atoms with Crippen LogP contribution in [0.5, 0.6) is 0 Å². The normalized spacial score (nSPS) is 26.9. The quantitative estimate of drug-likeness (QED) is 0.800. The highest BCUT2D eigenvalue weighted by molar-refractivity contribution is 5.78. The van der Waals surface area contributed by atoms with E-state index in [0.29, 0.717) is 18.4 Å². The molecule has 3 atom stereocenters. The zero-order valence-corrected chi connectivity index (χ0v) is 16.2. The number of hydrogen-bond donors (Lipinski definition) is 0. The molecule has 2 aromatic carbocycles. The molecule has 2 saturated heterocycles. The summed E-state index contributed by atoms with van der Waals surface area (Å²) in [7, 11) is 0. The Hall–Kier alpha value is -2.20. The van der Waals surface area contributed by atoms with E-state index in [2.05, 4.69) is 23.1 Å². The van der Waals surface area contributed by atoms with Gasteiger partial charge in [-0.05, 0) is 73.5 Å². The first-order chi connectivity index (χ1) is 13.7. The molecule has 0 unspecified atom stereocenters. The molecule has 28 heavy (non-hydrogen) atoms. The van der Waals surface area contributed by atoms with Gasteiger partial charge in [-0.2, -0.15) is 0 Å². The van der Waals surface area contributed by atoms with E-state index in [9.17, 15) is 9.18 Å². The van der Waals surface area contributed by atoms with Crippen LogP contribution in [0.2, 0.25) is 0 Å². The Bertz CT molecular complexity index is 865. The van der Waals surface area contributed by atoms with Crippen molar-refractivity contribution in [3.05, 3.63) is 71.0 Å². The molecule has 0 aromatic heterocycles. The van der Waals surface area contributed by atoms with Crippen molar-refractivity contribution in [2.24, 2.45) is 5.92 Å². The molecular formula is C24H27FN2O. The van der Waals surface area contributed by atoms with E-state index in [1.807, 2.05) is 23.1 Å².